The molecule has 0 aliphatic carbocycles. The number of rotatable bonds is 6. The molecule has 28 heavy (non-hydrogen) atoms. The summed E-state index contributed by atoms with van der Waals surface area (Å²) in [7, 11) is -3.74. The van der Waals surface area contributed by atoms with E-state index in [-0.39, 0.29) is 5.54 Å². The molecule has 1 saturated heterocycles. The van der Waals surface area contributed by atoms with Gasteiger partial charge in [-0.15, -0.1) is 0 Å². The van der Waals surface area contributed by atoms with Gasteiger partial charge in [0.2, 0.25) is 10.0 Å². The summed E-state index contributed by atoms with van der Waals surface area (Å²) in [5.74, 6) is 0. The van der Waals surface area contributed by atoms with E-state index in [0.717, 1.165) is 11.3 Å². The number of likely N-dealkylation sites (tertiary alicyclic amines) is 1. The lowest BCUT2D eigenvalue weighted by atomic mass is 9.95. The van der Waals surface area contributed by atoms with Crippen LogP contribution in [0, 0.1) is 11.3 Å². The fourth-order valence-electron chi connectivity index (χ4n) is 3.91. The van der Waals surface area contributed by atoms with E-state index in [9.17, 15) is 8.42 Å². The molecule has 3 rings (SSSR count). The van der Waals surface area contributed by atoms with E-state index < -0.39 is 14.8 Å². The minimum Gasteiger partial charge on any atom is -0.291 e. The molecule has 7 heteroatoms. The topological polar surface area (TPSA) is 100 Å². The Balaban J connectivity index is 1.80. The number of hydrogen-bond acceptors (Lipinski definition) is 5. The summed E-state index contributed by atoms with van der Waals surface area (Å²) in [5, 5.41) is 14.6. The third kappa shape index (κ3) is 3.95. The zero-order valence-electron chi connectivity index (χ0n) is 16.3. The summed E-state index contributed by atoms with van der Waals surface area (Å²) >= 11 is 0. The second-order valence-electron chi connectivity index (χ2n) is 7.98. The monoisotopic (exact) mass is 398 g/mol. The van der Waals surface area contributed by atoms with Crippen molar-refractivity contribution in [1.29, 1.82) is 5.26 Å². The average molecular weight is 399 g/mol. The first-order valence-electron chi connectivity index (χ1n) is 9.36. The predicted octanol–water partition coefficient (Wildman–Crippen LogP) is 2.55. The van der Waals surface area contributed by atoms with Crippen LogP contribution in [0.4, 0.5) is 0 Å². The van der Waals surface area contributed by atoms with E-state index in [1.54, 1.807) is 18.3 Å². The van der Waals surface area contributed by atoms with Gasteiger partial charge in [0.15, 0.2) is 0 Å². The van der Waals surface area contributed by atoms with Gasteiger partial charge in [-0.05, 0) is 62.9 Å². The number of pyridine rings is 1. The van der Waals surface area contributed by atoms with Gasteiger partial charge in [0, 0.05) is 19.3 Å². The Kier molecular flexibility index (Phi) is 5.57. The van der Waals surface area contributed by atoms with Crippen molar-refractivity contribution in [2.24, 2.45) is 5.14 Å². The molecule has 6 nitrogen and oxygen atoms in total. The first-order chi connectivity index (χ1) is 13.2. The smallest absolute Gasteiger partial charge is 0.216 e. The van der Waals surface area contributed by atoms with Crippen LogP contribution >= 0.6 is 0 Å². The minimum atomic E-state index is -3.74. The Morgan fingerprint density at radius 3 is 2.54 bits per heavy atom. The van der Waals surface area contributed by atoms with E-state index in [0.29, 0.717) is 37.9 Å². The van der Waals surface area contributed by atoms with E-state index in [2.05, 4.69) is 29.8 Å². The number of nitrogens with zero attached hydrogens (tertiary/aromatic N) is 3. The summed E-state index contributed by atoms with van der Waals surface area (Å²) in [5.41, 5.74) is 2.12. The third-order valence-electron chi connectivity index (χ3n) is 5.95. The summed E-state index contributed by atoms with van der Waals surface area (Å²) in [6.45, 7) is 5.16. The maximum absolute atomic E-state index is 12.6. The van der Waals surface area contributed by atoms with Gasteiger partial charge < -0.3 is 0 Å². The lowest BCUT2D eigenvalue weighted by molar-refractivity contribution is 0.145. The molecule has 1 aromatic carbocycles. The molecular formula is C21H26N4O2S. The SMILES string of the molecule is CC(C)(c1ccccn1)N1CC[C@@](CCc2ccc(C#N)cc2)(S(N)(=O)=O)C1. The number of nitrogens with two attached hydrogens (primary N) is 1. The highest BCUT2D eigenvalue weighted by Gasteiger charge is 2.50. The minimum absolute atomic E-state index is 0.381. The molecule has 0 amide bonds. The van der Waals surface area contributed by atoms with Crippen molar-refractivity contribution in [3.63, 3.8) is 0 Å². The molecule has 2 aromatic rings. The third-order valence-corrected chi connectivity index (χ3v) is 7.70. The first kappa shape index (κ1) is 20.5. The molecule has 1 atom stereocenters. The fraction of sp³-hybridized carbons (Fsp3) is 0.429. The van der Waals surface area contributed by atoms with Crippen LogP contribution in [0.5, 0.6) is 0 Å². The molecule has 0 spiro atoms. The van der Waals surface area contributed by atoms with Gasteiger partial charge in [0.25, 0.3) is 0 Å². The van der Waals surface area contributed by atoms with E-state index in [1.807, 2.05) is 30.3 Å². The highest BCUT2D eigenvalue weighted by molar-refractivity contribution is 7.90. The quantitative estimate of drug-likeness (QED) is 0.806. The highest BCUT2D eigenvalue weighted by Crippen LogP contribution is 2.39. The molecule has 2 N–H and O–H groups in total. The van der Waals surface area contributed by atoms with Gasteiger partial charge in [-0.25, -0.2) is 13.6 Å². The normalized spacial score (nSPS) is 20.8. The van der Waals surface area contributed by atoms with Gasteiger partial charge in [-0.2, -0.15) is 5.26 Å². The number of sulfonamides is 1. The molecule has 2 heterocycles. The zero-order chi connectivity index (χ0) is 20.4. The van der Waals surface area contributed by atoms with Crippen molar-refractivity contribution >= 4 is 10.0 Å². The van der Waals surface area contributed by atoms with Crippen molar-refractivity contribution < 1.29 is 8.42 Å². The fourth-order valence-corrected chi connectivity index (χ4v) is 5.00. The number of nitriles is 1. The lowest BCUT2D eigenvalue weighted by Gasteiger charge is -2.36. The predicted molar refractivity (Wildman–Crippen MR) is 109 cm³/mol. The van der Waals surface area contributed by atoms with E-state index in [4.69, 9.17) is 10.4 Å². The average Bonchev–Trinajstić information content (AvgIpc) is 3.14. The number of aromatic nitrogens is 1. The van der Waals surface area contributed by atoms with Crippen molar-refractivity contribution in [3.8, 4) is 6.07 Å². The summed E-state index contributed by atoms with van der Waals surface area (Å²) in [6, 6.07) is 15.1. The summed E-state index contributed by atoms with van der Waals surface area (Å²) in [6.07, 6.45) is 3.30. The van der Waals surface area contributed by atoms with Crippen molar-refractivity contribution in [2.45, 2.75) is 43.4 Å². The molecule has 1 aliphatic rings. The Labute approximate surface area is 167 Å². The molecule has 1 aliphatic heterocycles. The molecule has 148 valence electrons. The Morgan fingerprint density at radius 2 is 1.96 bits per heavy atom. The number of hydrogen-bond donors (Lipinski definition) is 1. The van der Waals surface area contributed by atoms with Crippen molar-refractivity contribution in [1.82, 2.24) is 9.88 Å². The van der Waals surface area contributed by atoms with Gasteiger partial charge in [-0.3, -0.25) is 9.88 Å². The Bertz CT molecular complexity index is 966. The van der Waals surface area contributed by atoms with E-state index in [1.165, 1.54) is 0 Å². The Hall–Kier alpha value is -2.27. The van der Waals surface area contributed by atoms with Crippen LogP contribution in [0.2, 0.25) is 0 Å². The van der Waals surface area contributed by atoms with Gasteiger partial charge in [-0.1, -0.05) is 18.2 Å². The van der Waals surface area contributed by atoms with Crippen LogP contribution in [-0.2, 0) is 22.0 Å². The van der Waals surface area contributed by atoms with Crippen LogP contribution < -0.4 is 5.14 Å². The van der Waals surface area contributed by atoms with Gasteiger partial charge in [0.1, 0.15) is 4.75 Å². The summed E-state index contributed by atoms with van der Waals surface area (Å²) in [4.78, 5) is 6.63. The van der Waals surface area contributed by atoms with Crippen LogP contribution in [0.25, 0.3) is 0 Å². The van der Waals surface area contributed by atoms with Crippen LogP contribution in [0.3, 0.4) is 0 Å². The van der Waals surface area contributed by atoms with Gasteiger partial charge in [0.05, 0.1) is 22.9 Å². The molecule has 0 saturated carbocycles. The molecule has 1 aromatic heterocycles. The second kappa shape index (κ2) is 7.63. The van der Waals surface area contributed by atoms with Crippen molar-refractivity contribution in [3.05, 3.63) is 65.5 Å². The number of aryl methyl sites for hydroxylation is 1. The Morgan fingerprint density at radius 1 is 1.25 bits per heavy atom. The first-order valence-corrected chi connectivity index (χ1v) is 10.9. The van der Waals surface area contributed by atoms with Crippen LogP contribution in [-0.4, -0.2) is 36.1 Å². The maximum atomic E-state index is 12.6. The van der Waals surface area contributed by atoms with E-state index >= 15 is 0 Å². The molecular weight excluding hydrogens is 372 g/mol. The molecule has 0 radical (unpaired) electrons. The molecule has 1 fully saturated rings. The molecule has 0 bridgehead atoms. The standard InChI is InChI=1S/C21H26N4O2S/c1-20(2,19-5-3-4-13-24-19)25-14-12-21(16-25,28(23,26)27)11-10-17-6-8-18(15-22)9-7-17/h3-9,13H,10-12,14,16H2,1-2H3,(H2,23,26,27)/t21-/m1/s1. The second-order valence-corrected chi connectivity index (χ2v) is 9.94. The zero-order valence-corrected chi connectivity index (χ0v) is 17.1. The maximum Gasteiger partial charge on any atom is 0.216 e. The highest BCUT2D eigenvalue weighted by atomic mass is 32.2. The van der Waals surface area contributed by atoms with Crippen LogP contribution in [0.1, 0.15) is 43.5 Å². The van der Waals surface area contributed by atoms with Crippen molar-refractivity contribution in [2.75, 3.05) is 13.1 Å². The summed E-state index contributed by atoms with van der Waals surface area (Å²) < 4.78 is 24.2. The van der Waals surface area contributed by atoms with Gasteiger partial charge >= 0.3 is 0 Å². The number of primary sulfonamides is 1. The molecule has 0 unspecified atom stereocenters. The largest absolute Gasteiger partial charge is 0.291 e. The van der Waals surface area contributed by atoms with Crippen LogP contribution in [0.15, 0.2) is 48.7 Å². The lowest BCUT2D eigenvalue weighted by Crippen LogP contribution is -2.49. The number of benzene rings is 1.